The first-order valence-corrected chi connectivity index (χ1v) is 8.72. The van der Waals surface area contributed by atoms with Crippen molar-refractivity contribution in [1.82, 2.24) is 5.32 Å². The molecule has 1 fully saturated rings. The minimum atomic E-state index is 0.404. The van der Waals surface area contributed by atoms with Crippen LogP contribution in [0.15, 0.2) is 12.1 Å². The number of aryl methyl sites for hydroxylation is 2. The Morgan fingerprint density at radius 2 is 2.15 bits per heavy atom. The van der Waals surface area contributed by atoms with Crippen LogP contribution < -0.4 is 10.1 Å². The van der Waals surface area contributed by atoms with Crippen LogP contribution in [0, 0.1) is 13.8 Å². The Balaban J connectivity index is 2.37. The highest BCUT2D eigenvalue weighted by Crippen LogP contribution is 2.39. The summed E-state index contributed by atoms with van der Waals surface area (Å²) in [5.74, 6) is 2.33. The summed E-state index contributed by atoms with van der Waals surface area (Å²) in [4.78, 5) is 0. The molecule has 2 unspecified atom stereocenters. The lowest BCUT2D eigenvalue weighted by Gasteiger charge is -2.32. The van der Waals surface area contributed by atoms with Crippen LogP contribution in [-0.2, 0) is 0 Å². The van der Waals surface area contributed by atoms with Gasteiger partial charge >= 0.3 is 0 Å². The van der Waals surface area contributed by atoms with Gasteiger partial charge in [0.1, 0.15) is 5.75 Å². The molecule has 3 heteroatoms. The monoisotopic (exact) mass is 293 g/mol. The predicted octanol–water partition coefficient (Wildman–Crippen LogP) is 4.25. The molecule has 0 spiro atoms. The zero-order valence-electron chi connectivity index (χ0n) is 13.2. The quantitative estimate of drug-likeness (QED) is 0.877. The summed E-state index contributed by atoms with van der Waals surface area (Å²) >= 11 is 2.12. The van der Waals surface area contributed by atoms with E-state index in [9.17, 15) is 0 Å². The molecule has 0 radical (unpaired) electrons. The van der Waals surface area contributed by atoms with E-state index in [0.717, 1.165) is 12.3 Å². The van der Waals surface area contributed by atoms with Crippen LogP contribution in [0.25, 0.3) is 0 Å². The van der Waals surface area contributed by atoms with Gasteiger partial charge in [0, 0.05) is 16.9 Å². The molecular weight excluding hydrogens is 266 g/mol. The molecule has 2 rings (SSSR count). The van der Waals surface area contributed by atoms with Gasteiger partial charge in [0.25, 0.3) is 0 Å². The summed E-state index contributed by atoms with van der Waals surface area (Å²) in [7, 11) is 1.79. The third-order valence-electron chi connectivity index (χ3n) is 4.03. The average Bonchev–Trinajstić information content (AvgIpc) is 2.45. The topological polar surface area (TPSA) is 21.3 Å². The van der Waals surface area contributed by atoms with E-state index >= 15 is 0 Å². The van der Waals surface area contributed by atoms with Crippen LogP contribution in [0.3, 0.4) is 0 Å². The van der Waals surface area contributed by atoms with Crippen LogP contribution in [0.5, 0.6) is 5.75 Å². The van der Waals surface area contributed by atoms with E-state index in [1.807, 2.05) is 0 Å². The number of methoxy groups -OCH3 is 1. The van der Waals surface area contributed by atoms with E-state index in [-0.39, 0.29) is 0 Å². The molecule has 0 bridgehead atoms. The van der Waals surface area contributed by atoms with Crippen molar-refractivity contribution in [3.63, 3.8) is 0 Å². The van der Waals surface area contributed by atoms with Crippen molar-refractivity contribution in [2.45, 2.75) is 51.3 Å². The van der Waals surface area contributed by atoms with Crippen molar-refractivity contribution in [3.05, 3.63) is 28.8 Å². The third kappa shape index (κ3) is 3.50. The molecule has 0 amide bonds. The number of thioether (sulfide) groups is 1. The van der Waals surface area contributed by atoms with Gasteiger partial charge in [-0.25, -0.2) is 0 Å². The zero-order chi connectivity index (χ0) is 14.5. The first-order valence-electron chi connectivity index (χ1n) is 7.67. The molecular formula is C17H27NOS. The lowest BCUT2D eigenvalue weighted by Crippen LogP contribution is -2.32. The highest BCUT2D eigenvalue weighted by Gasteiger charge is 2.28. The normalized spacial score (nSPS) is 20.7. The molecule has 0 aliphatic carbocycles. The molecule has 0 saturated carbocycles. The van der Waals surface area contributed by atoms with Crippen LogP contribution >= 0.6 is 11.8 Å². The molecule has 1 N–H and O–H groups in total. The number of rotatable bonds is 5. The van der Waals surface area contributed by atoms with Crippen LogP contribution in [0.2, 0.25) is 0 Å². The molecule has 0 aromatic heterocycles. The second-order valence-corrected chi connectivity index (χ2v) is 6.99. The third-order valence-corrected chi connectivity index (χ3v) is 5.50. The molecule has 1 aliphatic heterocycles. The van der Waals surface area contributed by atoms with Gasteiger partial charge in [0.15, 0.2) is 0 Å². The molecule has 1 heterocycles. The lowest BCUT2D eigenvalue weighted by atomic mass is 9.93. The summed E-state index contributed by atoms with van der Waals surface area (Å²) in [6.45, 7) is 7.54. The average molecular weight is 293 g/mol. The molecule has 112 valence electrons. The maximum atomic E-state index is 5.68. The fourth-order valence-corrected chi connectivity index (χ4v) is 4.61. The van der Waals surface area contributed by atoms with Crippen molar-refractivity contribution in [2.24, 2.45) is 0 Å². The summed E-state index contributed by atoms with van der Waals surface area (Å²) in [6, 6.07) is 4.84. The summed E-state index contributed by atoms with van der Waals surface area (Å²) in [5, 5.41) is 4.37. The molecule has 1 aromatic carbocycles. The second-order valence-electron chi connectivity index (χ2n) is 5.64. The Hall–Kier alpha value is -0.670. The van der Waals surface area contributed by atoms with Gasteiger partial charge in [-0.05, 0) is 56.2 Å². The summed E-state index contributed by atoms with van der Waals surface area (Å²) in [5.41, 5.74) is 3.98. The Labute approximate surface area is 127 Å². The Morgan fingerprint density at radius 1 is 1.35 bits per heavy atom. The van der Waals surface area contributed by atoms with Crippen molar-refractivity contribution >= 4 is 11.8 Å². The maximum absolute atomic E-state index is 5.68. The fourth-order valence-electron chi connectivity index (χ4n) is 3.18. The SMILES string of the molecule is CCNC(c1c(C)cc(C)cc1OC)C1CCCCS1. The number of benzene rings is 1. The number of nitrogens with one attached hydrogen (secondary N) is 1. The predicted molar refractivity (Wildman–Crippen MR) is 89.0 cm³/mol. The van der Waals surface area contributed by atoms with Crippen molar-refractivity contribution in [3.8, 4) is 5.75 Å². The van der Waals surface area contributed by atoms with E-state index in [0.29, 0.717) is 11.3 Å². The van der Waals surface area contributed by atoms with Crippen LogP contribution in [0.1, 0.15) is 48.9 Å². The van der Waals surface area contributed by atoms with Gasteiger partial charge in [-0.3, -0.25) is 0 Å². The summed E-state index contributed by atoms with van der Waals surface area (Å²) in [6.07, 6.45) is 4.02. The largest absolute Gasteiger partial charge is 0.496 e. The summed E-state index contributed by atoms with van der Waals surface area (Å²) < 4.78 is 5.68. The highest BCUT2D eigenvalue weighted by atomic mass is 32.2. The lowest BCUT2D eigenvalue weighted by molar-refractivity contribution is 0.393. The number of ether oxygens (including phenoxy) is 1. The van der Waals surface area contributed by atoms with Gasteiger partial charge in [-0.15, -0.1) is 0 Å². The van der Waals surface area contributed by atoms with Crippen LogP contribution in [-0.4, -0.2) is 24.7 Å². The van der Waals surface area contributed by atoms with Crippen molar-refractivity contribution in [2.75, 3.05) is 19.4 Å². The Kier molecular flexibility index (Phi) is 5.79. The van der Waals surface area contributed by atoms with E-state index in [1.165, 1.54) is 41.7 Å². The van der Waals surface area contributed by atoms with Crippen molar-refractivity contribution in [1.29, 1.82) is 0 Å². The molecule has 1 aliphatic rings. The van der Waals surface area contributed by atoms with E-state index in [4.69, 9.17) is 4.74 Å². The smallest absolute Gasteiger partial charge is 0.124 e. The molecule has 1 saturated heterocycles. The van der Waals surface area contributed by atoms with Gasteiger partial charge in [0.2, 0.25) is 0 Å². The van der Waals surface area contributed by atoms with E-state index < -0.39 is 0 Å². The standard InChI is InChI=1S/C17H27NOS/c1-5-18-17(15-8-6-7-9-20-15)16-13(3)10-12(2)11-14(16)19-4/h10-11,15,17-18H,5-9H2,1-4H3. The molecule has 20 heavy (non-hydrogen) atoms. The van der Waals surface area contributed by atoms with E-state index in [2.05, 4.69) is 50.0 Å². The number of hydrogen-bond donors (Lipinski definition) is 1. The van der Waals surface area contributed by atoms with Crippen LogP contribution in [0.4, 0.5) is 0 Å². The zero-order valence-corrected chi connectivity index (χ0v) is 14.0. The molecule has 2 atom stereocenters. The van der Waals surface area contributed by atoms with Gasteiger partial charge in [-0.2, -0.15) is 11.8 Å². The highest BCUT2D eigenvalue weighted by molar-refractivity contribution is 8.00. The minimum Gasteiger partial charge on any atom is -0.496 e. The maximum Gasteiger partial charge on any atom is 0.124 e. The Morgan fingerprint density at radius 3 is 2.75 bits per heavy atom. The van der Waals surface area contributed by atoms with Gasteiger partial charge in [0.05, 0.1) is 7.11 Å². The van der Waals surface area contributed by atoms with Gasteiger partial charge in [-0.1, -0.05) is 19.4 Å². The fraction of sp³-hybridized carbons (Fsp3) is 0.647. The first-order chi connectivity index (χ1) is 9.67. The van der Waals surface area contributed by atoms with Gasteiger partial charge < -0.3 is 10.1 Å². The number of hydrogen-bond acceptors (Lipinski definition) is 3. The first kappa shape index (κ1) is 15.7. The molecule has 2 nitrogen and oxygen atoms in total. The van der Waals surface area contributed by atoms with E-state index in [1.54, 1.807) is 7.11 Å². The second kappa shape index (κ2) is 7.37. The minimum absolute atomic E-state index is 0.404. The Bertz CT molecular complexity index is 441. The van der Waals surface area contributed by atoms with Crippen molar-refractivity contribution < 1.29 is 4.74 Å². The molecule has 1 aromatic rings.